The Morgan fingerprint density at radius 1 is 1.02 bits per heavy atom. The number of benzene rings is 2. The van der Waals surface area contributed by atoms with Crippen LogP contribution >= 0.6 is 0 Å². The minimum Gasteiger partial charge on any atom is -0.453 e. The molecule has 8 nitrogen and oxygen atoms in total. The number of anilines is 1. The van der Waals surface area contributed by atoms with E-state index in [-0.39, 0.29) is 19.1 Å². The van der Waals surface area contributed by atoms with Crippen LogP contribution in [0.1, 0.15) is 49.3 Å². The van der Waals surface area contributed by atoms with E-state index in [4.69, 9.17) is 14.6 Å². The van der Waals surface area contributed by atoms with Crippen molar-refractivity contribution >= 4 is 27.2 Å². The SMILES string of the molecule is CCc1ccc(C2=C(C(=O)NCCCCCCO)N(c3ccccc3C)S(=O)(=O)C3C=CC=CC23)c2c1OCO2. The third-order valence-corrected chi connectivity index (χ3v) is 9.69. The molecule has 9 heteroatoms. The van der Waals surface area contributed by atoms with E-state index in [1.165, 1.54) is 4.31 Å². The molecule has 0 radical (unpaired) electrons. The summed E-state index contributed by atoms with van der Waals surface area (Å²) in [6, 6.07) is 11.1. The number of unbranched alkanes of at least 4 members (excludes halogenated alkanes) is 3. The molecule has 212 valence electrons. The number of carbonyl (C=O) groups excluding carboxylic acids is 1. The average Bonchev–Trinajstić information content (AvgIpc) is 3.45. The Kier molecular flexibility index (Phi) is 8.32. The number of carbonyl (C=O) groups is 1. The Balaban J connectivity index is 1.72. The van der Waals surface area contributed by atoms with Gasteiger partial charge in [0.15, 0.2) is 11.5 Å². The zero-order chi connectivity index (χ0) is 28.3. The van der Waals surface area contributed by atoms with Crippen molar-refractivity contribution in [2.24, 2.45) is 5.92 Å². The maximum absolute atomic E-state index is 14.3. The molecule has 2 unspecified atom stereocenters. The van der Waals surface area contributed by atoms with Gasteiger partial charge >= 0.3 is 0 Å². The molecule has 2 atom stereocenters. The van der Waals surface area contributed by atoms with Gasteiger partial charge in [0.05, 0.1) is 5.69 Å². The first-order valence-electron chi connectivity index (χ1n) is 13.9. The second-order valence-electron chi connectivity index (χ2n) is 10.2. The summed E-state index contributed by atoms with van der Waals surface area (Å²) < 4.78 is 41.7. The van der Waals surface area contributed by atoms with Crippen LogP contribution in [0, 0.1) is 12.8 Å². The average molecular weight is 565 g/mol. The first-order valence-corrected chi connectivity index (χ1v) is 15.4. The van der Waals surface area contributed by atoms with Gasteiger partial charge < -0.3 is 19.9 Å². The summed E-state index contributed by atoms with van der Waals surface area (Å²) in [5.74, 6) is 0.118. The number of aliphatic hydroxyl groups is 1. The van der Waals surface area contributed by atoms with Crippen molar-refractivity contribution in [3.05, 3.63) is 83.1 Å². The van der Waals surface area contributed by atoms with E-state index >= 15 is 0 Å². The van der Waals surface area contributed by atoms with E-state index < -0.39 is 27.1 Å². The first-order chi connectivity index (χ1) is 19.4. The number of hydrogen-bond donors (Lipinski definition) is 2. The molecule has 1 amide bonds. The minimum absolute atomic E-state index is 0.0612. The molecule has 5 rings (SSSR count). The van der Waals surface area contributed by atoms with Gasteiger partial charge in [0.1, 0.15) is 10.9 Å². The fourth-order valence-corrected chi connectivity index (χ4v) is 7.68. The number of nitrogens with one attached hydrogen (secondary N) is 1. The first kappa shape index (κ1) is 28.0. The summed E-state index contributed by atoms with van der Waals surface area (Å²) in [5, 5.41) is 11.1. The number of aryl methyl sites for hydroxylation is 2. The van der Waals surface area contributed by atoms with Crippen LogP contribution in [-0.4, -0.2) is 44.6 Å². The van der Waals surface area contributed by atoms with Crippen LogP contribution in [0.25, 0.3) is 5.57 Å². The van der Waals surface area contributed by atoms with Gasteiger partial charge in [-0.2, -0.15) is 0 Å². The number of nitrogens with zero attached hydrogens (tertiary/aromatic N) is 1. The van der Waals surface area contributed by atoms with Gasteiger partial charge in [-0.05, 0) is 43.4 Å². The number of sulfonamides is 1. The third kappa shape index (κ3) is 5.04. The summed E-state index contributed by atoms with van der Waals surface area (Å²) in [6.45, 7) is 4.47. The monoisotopic (exact) mass is 564 g/mol. The van der Waals surface area contributed by atoms with Crippen molar-refractivity contribution < 1.29 is 27.8 Å². The zero-order valence-electron chi connectivity index (χ0n) is 22.9. The predicted octanol–water partition coefficient (Wildman–Crippen LogP) is 4.63. The molecule has 0 aromatic heterocycles. The Morgan fingerprint density at radius 2 is 1.77 bits per heavy atom. The maximum atomic E-state index is 14.3. The molecule has 0 saturated carbocycles. The number of hydrogen-bond acceptors (Lipinski definition) is 6. The lowest BCUT2D eigenvalue weighted by Gasteiger charge is -2.41. The number of ether oxygens (including phenoxy) is 2. The largest absolute Gasteiger partial charge is 0.453 e. The molecule has 2 aliphatic heterocycles. The van der Waals surface area contributed by atoms with E-state index in [0.29, 0.717) is 41.3 Å². The van der Waals surface area contributed by atoms with Crippen molar-refractivity contribution in [2.75, 3.05) is 24.2 Å². The number of para-hydroxylation sites is 1. The Bertz CT molecular complexity index is 1480. The summed E-state index contributed by atoms with van der Waals surface area (Å²) in [4.78, 5) is 14.1. The van der Waals surface area contributed by atoms with Gasteiger partial charge in [-0.3, -0.25) is 4.79 Å². The van der Waals surface area contributed by atoms with Crippen LogP contribution in [0.4, 0.5) is 5.69 Å². The van der Waals surface area contributed by atoms with Crippen LogP contribution in [-0.2, 0) is 21.2 Å². The topological polar surface area (TPSA) is 105 Å². The highest BCUT2D eigenvalue weighted by atomic mass is 32.2. The Hall–Kier alpha value is -3.56. The van der Waals surface area contributed by atoms with Gasteiger partial charge in [-0.25, -0.2) is 12.7 Å². The summed E-state index contributed by atoms with van der Waals surface area (Å²) >= 11 is 0. The number of amides is 1. The van der Waals surface area contributed by atoms with E-state index in [2.05, 4.69) is 5.32 Å². The molecule has 0 saturated heterocycles. The van der Waals surface area contributed by atoms with E-state index in [1.807, 2.05) is 50.3 Å². The maximum Gasteiger partial charge on any atom is 0.269 e. The predicted molar refractivity (Wildman–Crippen MR) is 156 cm³/mol. The molecular weight excluding hydrogens is 528 g/mol. The molecule has 1 aliphatic carbocycles. The molecule has 2 aromatic carbocycles. The van der Waals surface area contributed by atoms with Crippen LogP contribution in [0.5, 0.6) is 11.5 Å². The highest BCUT2D eigenvalue weighted by Gasteiger charge is 2.49. The lowest BCUT2D eigenvalue weighted by Crippen LogP contribution is -2.50. The van der Waals surface area contributed by atoms with E-state index in [9.17, 15) is 13.2 Å². The summed E-state index contributed by atoms with van der Waals surface area (Å²) in [7, 11) is -4.03. The summed E-state index contributed by atoms with van der Waals surface area (Å²) in [5.41, 5.74) is 3.48. The van der Waals surface area contributed by atoms with E-state index in [1.54, 1.807) is 24.3 Å². The number of rotatable bonds is 10. The van der Waals surface area contributed by atoms with Crippen molar-refractivity contribution in [1.29, 1.82) is 0 Å². The molecule has 0 spiro atoms. The van der Waals surface area contributed by atoms with Crippen molar-refractivity contribution in [1.82, 2.24) is 5.32 Å². The molecular formula is C31H36N2O6S. The quantitative estimate of drug-likeness (QED) is 0.408. The van der Waals surface area contributed by atoms with Gasteiger partial charge in [-0.1, -0.05) is 74.4 Å². The molecule has 0 fully saturated rings. The molecule has 2 heterocycles. The molecule has 2 N–H and O–H groups in total. The molecule has 2 aromatic rings. The second kappa shape index (κ2) is 11.9. The summed E-state index contributed by atoms with van der Waals surface area (Å²) in [6.07, 6.45) is 11.0. The number of aliphatic hydroxyl groups excluding tert-OH is 1. The van der Waals surface area contributed by atoms with Crippen molar-refractivity contribution in [2.45, 2.75) is 51.2 Å². The van der Waals surface area contributed by atoms with Gasteiger partial charge in [-0.15, -0.1) is 0 Å². The number of fused-ring (bicyclic) bond motifs is 2. The molecule has 3 aliphatic rings. The standard InChI is InChI=1S/C31H36N2O6S/c1-3-22-16-17-24(30-29(22)38-20-39-30)27-23-13-7-9-15-26(23)40(36,37)33(25-14-8-6-12-21(25)2)28(27)31(35)32-18-10-4-5-11-19-34/h6-9,12-17,23,26,34H,3-5,10-11,18-20H2,1-2H3,(H,32,35). The smallest absolute Gasteiger partial charge is 0.269 e. The van der Waals surface area contributed by atoms with Gasteiger partial charge in [0, 0.05) is 30.2 Å². The van der Waals surface area contributed by atoms with Crippen LogP contribution in [0.2, 0.25) is 0 Å². The molecule has 0 bridgehead atoms. The van der Waals surface area contributed by atoms with Crippen molar-refractivity contribution in [3.8, 4) is 11.5 Å². The Labute approximate surface area is 236 Å². The van der Waals surface area contributed by atoms with Gasteiger partial charge in [0.25, 0.3) is 5.91 Å². The van der Waals surface area contributed by atoms with Crippen LogP contribution < -0.4 is 19.1 Å². The normalized spacial score (nSPS) is 20.5. The lowest BCUT2D eigenvalue weighted by molar-refractivity contribution is -0.117. The fraction of sp³-hybridized carbons (Fsp3) is 0.387. The third-order valence-electron chi connectivity index (χ3n) is 7.67. The minimum atomic E-state index is -4.03. The second-order valence-corrected chi connectivity index (χ2v) is 12.1. The zero-order valence-corrected chi connectivity index (χ0v) is 23.7. The van der Waals surface area contributed by atoms with Gasteiger partial charge in [0.2, 0.25) is 16.8 Å². The molecule has 40 heavy (non-hydrogen) atoms. The lowest BCUT2D eigenvalue weighted by atomic mass is 9.84. The van der Waals surface area contributed by atoms with Crippen LogP contribution in [0.15, 0.2) is 66.4 Å². The fourth-order valence-electron chi connectivity index (χ4n) is 5.64. The van der Waals surface area contributed by atoms with Crippen LogP contribution in [0.3, 0.4) is 0 Å². The van der Waals surface area contributed by atoms with Crippen molar-refractivity contribution in [3.63, 3.8) is 0 Å². The highest BCUT2D eigenvalue weighted by Crippen LogP contribution is 2.50. The number of allylic oxidation sites excluding steroid dienone is 4. The van der Waals surface area contributed by atoms with E-state index in [0.717, 1.165) is 36.8 Å². The Morgan fingerprint density at radius 3 is 2.55 bits per heavy atom. The highest BCUT2D eigenvalue weighted by molar-refractivity contribution is 7.94.